The molecule has 0 spiro atoms. The molecule has 3 fully saturated rings. The molecule has 0 amide bonds. The first-order chi connectivity index (χ1) is 9.22. The van der Waals surface area contributed by atoms with E-state index in [0.29, 0.717) is 4.75 Å². The molecule has 0 aromatic rings. The van der Waals surface area contributed by atoms with Gasteiger partial charge >= 0.3 is 0 Å². The fourth-order valence-electron chi connectivity index (χ4n) is 3.96. The summed E-state index contributed by atoms with van der Waals surface area (Å²) in [5, 5.41) is 3.84. The second kappa shape index (κ2) is 5.95. The van der Waals surface area contributed by atoms with Gasteiger partial charge in [0.1, 0.15) is 0 Å². The van der Waals surface area contributed by atoms with Crippen molar-refractivity contribution in [3.05, 3.63) is 0 Å². The lowest BCUT2D eigenvalue weighted by Gasteiger charge is -2.44. The van der Waals surface area contributed by atoms with Crippen molar-refractivity contribution < 1.29 is 0 Å². The molecule has 1 saturated heterocycles. The minimum absolute atomic E-state index is 0.628. The molecule has 2 nitrogen and oxygen atoms in total. The first kappa shape index (κ1) is 14.2. The van der Waals surface area contributed by atoms with E-state index in [4.69, 9.17) is 0 Å². The van der Waals surface area contributed by atoms with Gasteiger partial charge < -0.3 is 5.32 Å². The molecule has 2 aliphatic carbocycles. The van der Waals surface area contributed by atoms with Gasteiger partial charge in [-0.15, -0.1) is 0 Å². The molecule has 110 valence electrons. The molecule has 0 bridgehead atoms. The molecule has 1 aliphatic heterocycles. The van der Waals surface area contributed by atoms with Gasteiger partial charge in [-0.05, 0) is 44.8 Å². The van der Waals surface area contributed by atoms with Crippen molar-refractivity contribution in [2.45, 2.75) is 68.7 Å². The fourth-order valence-corrected chi connectivity index (χ4v) is 4.76. The zero-order chi connectivity index (χ0) is 13.3. The predicted octanol–water partition coefficient (Wildman–Crippen LogP) is 3.12. The monoisotopic (exact) mass is 282 g/mol. The van der Waals surface area contributed by atoms with E-state index in [9.17, 15) is 0 Å². The number of nitrogens with one attached hydrogen (secondary N) is 1. The van der Waals surface area contributed by atoms with E-state index in [-0.39, 0.29) is 0 Å². The standard InChI is InChI=1S/C16H30N2S/c1-13-10-17-15(14-6-4-3-5-7-14)11-18(13)12-16(19-2)8-9-16/h13-15,17H,3-12H2,1-2H3. The third-order valence-corrected chi connectivity index (χ3v) is 7.08. The Morgan fingerprint density at radius 3 is 2.58 bits per heavy atom. The Morgan fingerprint density at radius 1 is 1.21 bits per heavy atom. The first-order valence-electron chi connectivity index (χ1n) is 8.25. The van der Waals surface area contributed by atoms with E-state index in [1.807, 2.05) is 0 Å². The highest BCUT2D eigenvalue weighted by atomic mass is 32.2. The van der Waals surface area contributed by atoms with Crippen LogP contribution in [0.15, 0.2) is 0 Å². The SMILES string of the molecule is CSC1(CN2CC(C3CCCCC3)NCC2C)CC1. The fraction of sp³-hybridized carbons (Fsp3) is 1.00. The van der Waals surface area contributed by atoms with Crippen LogP contribution in [-0.2, 0) is 0 Å². The molecule has 2 saturated carbocycles. The summed E-state index contributed by atoms with van der Waals surface area (Å²) in [6, 6.07) is 1.50. The van der Waals surface area contributed by atoms with E-state index in [2.05, 4.69) is 35.2 Å². The van der Waals surface area contributed by atoms with Crippen molar-refractivity contribution in [1.82, 2.24) is 10.2 Å². The maximum Gasteiger partial charge on any atom is 0.0285 e. The smallest absolute Gasteiger partial charge is 0.0285 e. The minimum atomic E-state index is 0.628. The van der Waals surface area contributed by atoms with E-state index in [1.54, 1.807) is 0 Å². The average molecular weight is 282 g/mol. The van der Waals surface area contributed by atoms with Crippen LogP contribution in [-0.4, -0.2) is 47.6 Å². The summed E-state index contributed by atoms with van der Waals surface area (Å²) in [4.78, 5) is 2.79. The van der Waals surface area contributed by atoms with Crippen molar-refractivity contribution in [1.29, 1.82) is 0 Å². The number of nitrogens with zero attached hydrogens (tertiary/aromatic N) is 1. The van der Waals surface area contributed by atoms with Gasteiger partial charge in [-0.1, -0.05) is 19.3 Å². The van der Waals surface area contributed by atoms with Crippen LogP contribution in [0.2, 0.25) is 0 Å². The van der Waals surface area contributed by atoms with Crippen molar-refractivity contribution in [2.24, 2.45) is 5.92 Å². The normalized spacial score (nSPS) is 36.3. The van der Waals surface area contributed by atoms with E-state index < -0.39 is 0 Å². The average Bonchev–Trinajstić information content (AvgIpc) is 3.23. The highest BCUT2D eigenvalue weighted by Gasteiger charge is 2.45. The van der Waals surface area contributed by atoms with Crippen LogP contribution >= 0.6 is 11.8 Å². The molecule has 3 rings (SSSR count). The molecule has 2 atom stereocenters. The second-order valence-electron chi connectivity index (χ2n) is 7.08. The summed E-state index contributed by atoms with van der Waals surface area (Å²) in [5.74, 6) is 0.952. The highest BCUT2D eigenvalue weighted by molar-refractivity contribution is 8.00. The van der Waals surface area contributed by atoms with E-state index >= 15 is 0 Å². The third kappa shape index (κ3) is 3.30. The van der Waals surface area contributed by atoms with Gasteiger partial charge in [-0.3, -0.25) is 4.90 Å². The number of hydrogen-bond donors (Lipinski definition) is 1. The Morgan fingerprint density at radius 2 is 1.95 bits per heavy atom. The van der Waals surface area contributed by atoms with Crippen LogP contribution in [0.25, 0.3) is 0 Å². The molecule has 1 N–H and O–H groups in total. The number of piperazine rings is 1. The lowest BCUT2D eigenvalue weighted by molar-refractivity contribution is 0.103. The molecule has 0 aromatic carbocycles. The Labute approximate surface area is 123 Å². The summed E-state index contributed by atoms with van der Waals surface area (Å²) in [7, 11) is 0. The maximum absolute atomic E-state index is 3.84. The summed E-state index contributed by atoms with van der Waals surface area (Å²) in [5.41, 5.74) is 0. The van der Waals surface area contributed by atoms with Crippen molar-refractivity contribution in [2.75, 3.05) is 25.9 Å². The van der Waals surface area contributed by atoms with Gasteiger partial charge in [-0.2, -0.15) is 11.8 Å². The maximum atomic E-state index is 3.84. The van der Waals surface area contributed by atoms with Gasteiger partial charge in [0.25, 0.3) is 0 Å². The topological polar surface area (TPSA) is 15.3 Å². The summed E-state index contributed by atoms with van der Waals surface area (Å²) in [6.45, 7) is 6.24. The van der Waals surface area contributed by atoms with E-state index in [0.717, 1.165) is 18.0 Å². The van der Waals surface area contributed by atoms with Gasteiger partial charge in [0.15, 0.2) is 0 Å². The summed E-state index contributed by atoms with van der Waals surface area (Å²) in [6.07, 6.45) is 12.5. The largest absolute Gasteiger partial charge is 0.311 e. The van der Waals surface area contributed by atoms with Crippen LogP contribution in [0.3, 0.4) is 0 Å². The predicted molar refractivity (Wildman–Crippen MR) is 84.9 cm³/mol. The van der Waals surface area contributed by atoms with Crippen LogP contribution in [0, 0.1) is 5.92 Å². The van der Waals surface area contributed by atoms with Gasteiger partial charge in [0.05, 0.1) is 0 Å². The van der Waals surface area contributed by atoms with Gasteiger partial charge in [-0.25, -0.2) is 0 Å². The molecule has 0 aromatic heterocycles. The minimum Gasteiger partial charge on any atom is -0.311 e. The number of thioether (sulfide) groups is 1. The van der Waals surface area contributed by atoms with Gasteiger partial charge in [0, 0.05) is 36.5 Å². The first-order valence-corrected chi connectivity index (χ1v) is 9.47. The van der Waals surface area contributed by atoms with Crippen molar-refractivity contribution >= 4 is 11.8 Å². The Balaban J connectivity index is 1.57. The van der Waals surface area contributed by atoms with Crippen LogP contribution in [0.5, 0.6) is 0 Å². The third-order valence-electron chi connectivity index (χ3n) is 5.68. The molecular formula is C16H30N2S. The van der Waals surface area contributed by atoms with Crippen molar-refractivity contribution in [3.63, 3.8) is 0 Å². The molecule has 0 radical (unpaired) electrons. The second-order valence-corrected chi connectivity index (χ2v) is 8.35. The van der Waals surface area contributed by atoms with Crippen molar-refractivity contribution in [3.8, 4) is 0 Å². The summed E-state index contributed by atoms with van der Waals surface area (Å²) >= 11 is 2.11. The van der Waals surface area contributed by atoms with Crippen LogP contribution < -0.4 is 5.32 Å². The summed E-state index contributed by atoms with van der Waals surface area (Å²) < 4.78 is 0.628. The number of rotatable bonds is 4. The molecule has 19 heavy (non-hydrogen) atoms. The van der Waals surface area contributed by atoms with Gasteiger partial charge in [0.2, 0.25) is 0 Å². The molecule has 2 unspecified atom stereocenters. The van der Waals surface area contributed by atoms with E-state index in [1.165, 1.54) is 64.6 Å². The zero-order valence-electron chi connectivity index (χ0n) is 12.7. The number of hydrogen-bond acceptors (Lipinski definition) is 3. The quantitative estimate of drug-likeness (QED) is 0.853. The molecular weight excluding hydrogens is 252 g/mol. The Bertz CT molecular complexity index is 297. The highest BCUT2D eigenvalue weighted by Crippen LogP contribution is 2.48. The Hall–Kier alpha value is 0.270. The lowest BCUT2D eigenvalue weighted by atomic mass is 9.82. The molecule has 1 heterocycles. The molecule has 3 heteroatoms. The zero-order valence-corrected chi connectivity index (χ0v) is 13.5. The lowest BCUT2D eigenvalue weighted by Crippen LogP contribution is -2.59. The van der Waals surface area contributed by atoms with Crippen LogP contribution in [0.4, 0.5) is 0 Å². The van der Waals surface area contributed by atoms with Crippen LogP contribution in [0.1, 0.15) is 51.9 Å². The molecule has 3 aliphatic rings. The Kier molecular flexibility index (Phi) is 4.45.